The Morgan fingerprint density at radius 1 is 1.16 bits per heavy atom. The summed E-state index contributed by atoms with van der Waals surface area (Å²) in [7, 11) is 1.49. The van der Waals surface area contributed by atoms with Crippen molar-refractivity contribution >= 4 is 52.6 Å². The Hall–Kier alpha value is -4.11. The lowest BCUT2D eigenvalue weighted by Gasteiger charge is -2.10. The average molecular weight is 449 g/mol. The van der Waals surface area contributed by atoms with Crippen LogP contribution in [0.5, 0.6) is 11.5 Å². The summed E-state index contributed by atoms with van der Waals surface area (Å²) >= 11 is 6.39. The van der Waals surface area contributed by atoms with E-state index in [0.717, 1.165) is 0 Å². The Balaban J connectivity index is 2.00. The highest BCUT2D eigenvalue weighted by Crippen LogP contribution is 2.33. The van der Waals surface area contributed by atoms with Gasteiger partial charge < -0.3 is 9.47 Å². The van der Waals surface area contributed by atoms with Crippen molar-refractivity contribution in [2.75, 3.05) is 13.7 Å². The molecule has 4 rings (SSSR count). The monoisotopic (exact) mass is 448 g/mol. The minimum absolute atomic E-state index is 0.293. The van der Waals surface area contributed by atoms with Crippen molar-refractivity contribution in [3.05, 3.63) is 64.4 Å². The zero-order chi connectivity index (χ0) is 22.5. The number of carbonyl (C=O) groups is 2. The van der Waals surface area contributed by atoms with Gasteiger partial charge in [-0.15, -0.1) is 0 Å². The first-order chi connectivity index (χ1) is 15.5. The molecule has 0 fully saturated rings. The number of ether oxygens (including phenoxy) is 2. The number of carbonyl (C=O) groups excluding carboxylic acids is 2. The average Bonchev–Trinajstić information content (AvgIpc) is 2.80. The number of benzene rings is 2. The molecule has 159 valence electrons. The quantitative estimate of drug-likeness (QED) is 0.558. The van der Waals surface area contributed by atoms with E-state index >= 15 is 0 Å². The number of hydrogen-bond donors (Lipinski definition) is 0. The second kappa shape index (κ2) is 9.36. The van der Waals surface area contributed by atoms with Crippen molar-refractivity contribution in [3.8, 4) is 11.5 Å². The SMILES string of the molecule is COc1cc2cc3c(ncnc13)/N=c1\c(Cl)ccc\c1=C/[N]C(=O)/C=C\C=N\C(=O)CO2. The van der Waals surface area contributed by atoms with Crippen molar-refractivity contribution in [1.29, 1.82) is 0 Å². The molecule has 2 bridgehead atoms. The number of hydrogen-bond acceptors (Lipinski definition) is 7. The standard InChI is InChI=1S/C22H15ClN5O4/c1-31-17-9-14-8-15-21(17)26-12-27-22(15)28-20-13(4-2-5-16(20)23)10-25-18(29)6-3-7-24-19(30)11-32-14/h2-10,12H,11H2,1H3/b6-3-,13-10+,24-7+,28-20-. The van der Waals surface area contributed by atoms with Crippen molar-refractivity contribution in [1.82, 2.24) is 15.3 Å². The van der Waals surface area contributed by atoms with Gasteiger partial charge in [0.1, 0.15) is 23.3 Å². The largest absolute Gasteiger partial charge is 0.494 e. The number of aliphatic imine (C=N–C) groups is 1. The Labute approximate surface area is 186 Å². The Morgan fingerprint density at radius 2 is 2.03 bits per heavy atom. The highest BCUT2D eigenvalue weighted by molar-refractivity contribution is 6.30. The molecule has 9 nitrogen and oxygen atoms in total. The molecule has 0 saturated carbocycles. The summed E-state index contributed by atoms with van der Waals surface area (Å²) in [4.78, 5) is 40.8. The summed E-state index contributed by atoms with van der Waals surface area (Å²) in [5.41, 5.74) is 0.498. The van der Waals surface area contributed by atoms with Crippen LogP contribution in [0.4, 0.5) is 5.82 Å². The molecule has 2 heterocycles. The lowest BCUT2D eigenvalue weighted by molar-refractivity contribution is -0.119. The fourth-order valence-corrected chi connectivity index (χ4v) is 3.12. The fourth-order valence-electron chi connectivity index (χ4n) is 2.90. The number of rotatable bonds is 1. The molecule has 1 aliphatic rings. The van der Waals surface area contributed by atoms with Gasteiger partial charge in [0.2, 0.25) is 0 Å². The minimum Gasteiger partial charge on any atom is -0.494 e. The summed E-state index contributed by atoms with van der Waals surface area (Å²) in [5.74, 6) is -0.0280. The van der Waals surface area contributed by atoms with Crippen LogP contribution in [0, 0.1) is 0 Å². The molecule has 1 aromatic heterocycles. The third-order valence-corrected chi connectivity index (χ3v) is 4.65. The van der Waals surface area contributed by atoms with E-state index in [1.807, 2.05) is 0 Å². The molecule has 1 aliphatic heterocycles. The third kappa shape index (κ3) is 4.62. The first-order valence-corrected chi connectivity index (χ1v) is 9.70. The van der Waals surface area contributed by atoms with Crippen LogP contribution in [0.15, 0.2) is 58.8 Å². The molecule has 0 atom stereocenters. The molecule has 0 unspecified atom stereocenters. The van der Waals surface area contributed by atoms with E-state index in [0.29, 0.717) is 43.8 Å². The molecule has 0 aliphatic carbocycles. The van der Waals surface area contributed by atoms with Gasteiger partial charge in [0, 0.05) is 29.8 Å². The van der Waals surface area contributed by atoms with Gasteiger partial charge in [-0.25, -0.2) is 25.3 Å². The van der Waals surface area contributed by atoms with Gasteiger partial charge in [-0.05, 0) is 18.2 Å². The summed E-state index contributed by atoms with van der Waals surface area (Å²) in [6.07, 6.45) is 6.40. The summed E-state index contributed by atoms with van der Waals surface area (Å²) in [6.45, 7) is -0.320. The van der Waals surface area contributed by atoms with E-state index in [1.165, 1.54) is 38.0 Å². The molecule has 0 saturated heterocycles. The smallest absolute Gasteiger partial charge is 0.283 e. The first-order valence-electron chi connectivity index (χ1n) is 9.32. The van der Waals surface area contributed by atoms with Crippen LogP contribution < -0.4 is 25.4 Å². The number of nitrogens with zero attached hydrogens (tertiary/aromatic N) is 5. The molecular weight excluding hydrogens is 434 g/mol. The molecule has 32 heavy (non-hydrogen) atoms. The van der Waals surface area contributed by atoms with Crippen LogP contribution in [0.3, 0.4) is 0 Å². The summed E-state index contributed by atoms with van der Waals surface area (Å²) in [5, 5.41) is 5.63. The van der Waals surface area contributed by atoms with Crippen LogP contribution in [-0.2, 0) is 9.59 Å². The lowest BCUT2D eigenvalue weighted by Crippen LogP contribution is -2.27. The van der Waals surface area contributed by atoms with Gasteiger partial charge in [0.25, 0.3) is 11.8 Å². The highest BCUT2D eigenvalue weighted by Gasteiger charge is 2.13. The number of allylic oxidation sites excluding steroid dienone is 1. The molecule has 2 amide bonds. The van der Waals surface area contributed by atoms with Gasteiger partial charge >= 0.3 is 0 Å². The lowest BCUT2D eigenvalue weighted by atomic mass is 10.2. The van der Waals surface area contributed by atoms with Gasteiger partial charge in [-0.1, -0.05) is 23.7 Å². The van der Waals surface area contributed by atoms with Gasteiger partial charge in [0.05, 0.1) is 22.9 Å². The van der Waals surface area contributed by atoms with Crippen molar-refractivity contribution in [3.63, 3.8) is 0 Å². The Morgan fingerprint density at radius 3 is 2.88 bits per heavy atom. The summed E-state index contributed by atoms with van der Waals surface area (Å²) in [6, 6.07) is 8.37. The predicted molar refractivity (Wildman–Crippen MR) is 118 cm³/mol. The number of methoxy groups -OCH3 is 1. The maximum absolute atomic E-state index is 12.0. The molecule has 10 heteroatoms. The van der Waals surface area contributed by atoms with E-state index in [9.17, 15) is 9.59 Å². The van der Waals surface area contributed by atoms with Crippen LogP contribution in [-0.4, -0.2) is 41.7 Å². The van der Waals surface area contributed by atoms with Gasteiger partial charge in [-0.3, -0.25) is 9.59 Å². The molecule has 0 spiro atoms. The van der Waals surface area contributed by atoms with Crippen molar-refractivity contribution < 1.29 is 19.1 Å². The zero-order valence-corrected chi connectivity index (χ0v) is 17.5. The number of amides is 2. The van der Waals surface area contributed by atoms with Crippen LogP contribution in [0.1, 0.15) is 0 Å². The Bertz CT molecular complexity index is 1400. The maximum atomic E-state index is 12.0. The second-order valence-corrected chi connectivity index (χ2v) is 6.83. The number of para-hydroxylation sites is 1. The minimum atomic E-state index is -0.545. The van der Waals surface area contributed by atoms with Crippen LogP contribution in [0.25, 0.3) is 17.1 Å². The molecular formula is C22H15ClN5O4. The molecule has 1 radical (unpaired) electrons. The van der Waals surface area contributed by atoms with Gasteiger partial charge in [-0.2, -0.15) is 0 Å². The van der Waals surface area contributed by atoms with E-state index in [4.69, 9.17) is 21.1 Å². The first kappa shape index (κ1) is 21.1. The molecule has 0 N–H and O–H groups in total. The maximum Gasteiger partial charge on any atom is 0.283 e. The normalized spacial score (nSPS) is 18.2. The number of aromatic nitrogens is 2. The van der Waals surface area contributed by atoms with Crippen LogP contribution >= 0.6 is 11.6 Å². The predicted octanol–water partition coefficient (Wildman–Crippen LogP) is 1.66. The zero-order valence-electron chi connectivity index (χ0n) is 16.7. The van der Waals surface area contributed by atoms with Gasteiger partial charge in [0.15, 0.2) is 12.4 Å². The van der Waals surface area contributed by atoms with Crippen molar-refractivity contribution in [2.24, 2.45) is 9.98 Å². The number of fused-ring (bicyclic) bond motifs is 2. The van der Waals surface area contributed by atoms with Crippen LogP contribution in [0.2, 0.25) is 5.02 Å². The van der Waals surface area contributed by atoms with E-state index in [1.54, 1.807) is 30.3 Å². The second-order valence-electron chi connectivity index (χ2n) is 6.42. The fraction of sp³-hybridized carbons (Fsp3) is 0.0909. The molecule has 3 aromatic rings. The third-order valence-electron chi connectivity index (χ3n) is 4.35. The van der Waals surface area contributed by atoms with Crippen molar-refractivity contribution in [2.45, 2.75) is 0 Å². The summed E-state index contributed by atoms with van der Waals surface area (Å²) < 4.78 is 11.0. The highest BCUT2D eigenvalue weighted by atomic mass is 35.5. The topological polar surface area (TPSA) is 117 Å². The van der Waals surface area contributed by atoms with E-state index < -0.39 is 11.8 Å². The Kier molecular flexibility index (Phi) is 6.18. The number of halogens is 1. The molecule has 2 aromatic carbocycles. The van der Waals surface area contributed by atoms with E-state index in [2.05, 4.69) is 25.3 Å². The van der Waals surface area contributed by atoms with E-state index in [-0.39, 0.29) is 6.61 Å².